The van der Waals surface area contributed by atoms with E-state index in [1.165, 1.54) is 5.01 Å². The van der Waals surface area contributed by atoms with Gasteiger partial charge in [-0.2, -0.15) is 4.68 Å². The Morgan fingerprint density at radius 2 is 1.95 bits per heavy atom. The summed E-state index contributed by atoms with van der Waals surface area (Å²) >= 11 is 0. The van der Waals surface area contributed by atoms with Crippen LogP contribution in [0.1, 0.15) is 103 Å². The number of carboxylic acid groups (broad SMARTS) is 1. The number of fused-ring (bicyclic) bond motifs is 1. The molecule has 12 nitrogen and oxygen atoms in total. The largest absolute Gasteiger partial charge is 0.476 e. The zero-order valence-corrected chi connectivity index (χ0v) is 23.4. The van der Waals surface area contributed by atoms with Crippen molar-refractivity contribution in [3.63, 3.8) is 0 Å². The third kappa shape index (κ3) is 7.36. The van der Waals surface area contributed by atoms with Crippen molar-refractivity contribution in [3.05, 3.63) is 18.0 Å². The molecular formula is C27H45N6O6+. The topological polar surface area (TPSA) is 157 Å². The van der Waals surface area contributed by atoms with Gasteiger partial charge in [0.15, 0.2) is 6.20 Å². The molecule has 1 saturated heterocycles. The van der Waals surface area contributed by atoms with Crippen molar-refractivity contribution in [3.8, 4) is 0 Å². The number of hydrogen-bond acceptors (Lipinski definition) is 6. The molecule has 2 aliphatic heterocycles. The Morgan fingerprint density at radius 3 is 2.62 bits per heavy atom. The Balaban J connectivity index is 1.83. The van der Waals surface area contributed by atoms with Gasteiger partial charge in [0, 0.05) is 31.4 Å². The number of hydroxylamine groups is 1. The van der Waals surface area contributed by atoms with Gasteiger partial charge >= 0.3 is 5.97 Å². The van der Waals surface area contributed by atoms with Crippen molar-refractivity contribution >= 4 is 23.7 Å². The summed E-state index contributed by atoms with van der Waals surface area (Å²) in [6.45, 7) is 7.35. The minimum atomic E-state index is -0.875. The SMILES string of the molecule is CCCCC[C@H](CC(=O)NO)C(=O)N1NCCC[C@H]1C(=O)N[C@H](c1cc[n+]2n1CCCC2C(=O)O)[C@@H](C)CC. The summed E-state index contributed by atoms with van der Waals surface area (Å²) in [6, 6.07) is 0.129. The molecule has 0 radical (unpaired) electrons. The van der Waals surface area contributed by atoms with Gasteiger partial charge in [-0.25, -0.2) is 15.7 Å². The van der Waals surface area contributed by atoms with Crippen molar-refractivity contribution in [2.75, 3.05) is 6.54 Å². The van der Waals surface area contributed by atoms with Crippen LogP contribution >= 0.6 is 0 Å². The molecule has 218 valence electrons. The van der Waals surface area contributed by atoms with E-state index in [4.69, 9.17) is 5.21 Å². The summed E-state index contributed by atoms with van der Waals surface area (Å²) in [5, 5.41) is 23.3. The second-order valence-corrected chi connectivity index (χ2v) is 10.8. The number of aromatic nitrogens is 2. The molecular weight excluding hydrogens is 504 g/mol. The van der Waals surface area contributed by atoms with Crippen molar-refractivity contribution in [1.82, 2.24) is 25.9 Å². The Bertz CT molecular complexity index is 1010. The van der Waals surface area contributed by atoms with Crippen LogP contribution in [-0.2, 0) is 25.7 Å². The molecule has 3 rings (SSSR count). The lowest BCUT2D eigenvalue weighted by Crippen LogP contribution is -2.60. The number of hydrazine groups is 1. The van der Waals surface area contributed by atoms with E-state index < -0.39 is 29.9 Å². The first-order valence-corrected chi connectivity index (χ1v) is 14.4. The lowest BCUT2D eigenvalue weighted by atomic mass is 9.93. The molecule has 5 atom stereocenters. The van der Waals surface area contributed by atoms with E-state index in [9.17, 15) is 24.3 Å². The van der Waals surface area contributed by atoms with E-state index in [1.54, 1.807) is 16.4 Å². The molecule has 0 aliphatic carbocycles. The fourth-order valence-electron chi connectivity index (χ4n) is 5.66. The smallest absolute Gasteiger partial charge is 0.375 e. The highest BCUT2D eigenvalue weighted by molar-refractivity contribution is 5.90. The fraction of sp³-hybridized carbons (Fsp3) is 0.741. The predicted octanol–water partition coefficient (Wildman–Crippen LogP) is 1.99. The quantitative estimate of drug-likeness (QED) is 0.109. The lowest BCUT2D eigenvalue weighted by molar-refractivity contribution is -0.794. The van der Waals surface area contributed by atoms with Crippen LogP contribution in [0.2, 0.25) is 0 Å². The average Bonchev–Trinajstić information content (AvgIpc) is 3.38. The van der Waals surface area contributed by atoms with Crippen LogP contribution in [0, 0.1) is 11.8 Å². The fourth-order valence-corrected chi connectivity index (χ4v) is 5.66. The molecule has 1 unspecified atom stereocenters. The van der Waals surface area contributed by atoms with Gasteiger partial charge in [-0.3, -0.25) is 24.6 Å². The van der Waals surface area contributed by atoms with Gasteiger partial charge in [-0.15, -0.1) is 4.68 Å². The van der Waals surface area contributed by atoms with Crippen LogP contribution in [0.4, 0.5) is 0 Å². The first-order valence-electron chi connectivity index (χ1n) is 14.4. The number of nitrogens with zero attached hydrogens (tertiary/aromatic N) is 3. The molecule has 0 saturated carbocycles. The molecule has 2 aliphatic rings. The summed E-state index contributed by atoms with van der Waals surface area (Å²) in [5.41, 5.74) is 5.56. The average molecular weight is 550 g/mol. The monoisotopic (exact) mass is 549 g/mol. The molecule has 0 spiro atoms. The van der Waals surface area contributed by atoms with E-state index in [2.05, 4.69) is 17.7 Å². The van der Waals surface area contributed by atoms with Crippen LogP contribution in [0.3, 0.4) is 0 Å². The number of carbonyl (C=O) groups is 4. The van der Waals surface area contributed by atoms with Gasteiger partial charge in [0.25, 0.3) is 6.04 Å². The first kappa shape index (κ1) is 30.6. The second kappa shape index (κ2) is 14.4. The number of carboxylic acids is 1. The predicted molar refractivity (Wildman–Crippen MR) is 141 cm³/mol. The molecule has 3 amide bonds. The van der Waals surface area contributed by atoms with Crippen LogP contribution in [0.5, 0.6) is 0 Å². The van der Waals surface area contributed by atoms with Gasteiger partial charge in [0.1, 0.15) is 11.7 Å². The second-order valence-electron chi connectivity index (χ2n) is 10.8. The Hall–Kier alpha value is -2.99. The van der Waals surface area contributed by atoms with E-state index in [0.717, 1.165) is 37.8 Å². The van der Waals surface area contributed by atoms with Gasteiger partial charge < -0.3 is 10.4 Å². The third-order valence-corrected chi connectivity index (χ3v) is 8.11. The Labute approximate surface area is 230 Å². The maximum absolute atomic E-state index is 13.8. The van der Waals surface area contributed by atoms with Crippen molar-refractivity contribution < 1.29 is 34.2 Å². The maximum atomic E-state index is 13.8. The summed E-state index contributed by atoms with van der Waals surface area (Å²) < 4.78 is 3.70. The van der Waals surface area contributed by atoms with Gasteiger partial charge in [-0.1, -0.05) is 46.5 Å². The zero-order chi connectivity index (χ0) is 28.5. The number of aliphatic carboxylic acids is 1. The number of amides is 3. The van der Waals surface area contributed by atoms with Crippen LogP contribution in [-0.4, -0.2) is 56.3 Å². The highest BCUT2D eigenvalue weighted by Gasteiger charge is 2.40. The normalized spacial score (nSPS) is 21.4. The van der Waals surface area contributed by atoms with Crippen molar-refractivity contribution in [2.24, 2.45) is 11.8 Å². The Morgan fingerprint density at radius 1 is 1.18 bits per heavy atom. The molecule has 1 fully saturated rings. The van der Waals surface area contributed by atoms with E-state index in [0.29, 0.717) is 38.8 Å². The molecule has 0 bridgehead atoms. The van der Waals surface area contributed by atoms with Gasteiger partial charge in [-0.05, 0) is 31.6 Å². The lowest BCUT2D eigenvalue weighted by Gasteiger charge is -2.38. The number of hydrogen-bond donors (Lipinski definition) is 5. The highest BCUT2D eigenvalue weighted by atomic mass is 16.5. The number of unbranched alkanes of at least 4 members (excludes halogenated alkanes) is 2. The van der Waals surface area contributed by atoms with E-state index >= 15 is 0 Å². The molecule has 5 N–H and O–H groups in total. The zero-order valence-electron chi connectivity index (χ0n) is 23.4. The number of rotatable bonds is 13. The number of nitrogens with one attached hydrogen (secondary N) is 3. The van der Waals surface area contributed by atoms with Crippen LogP contribution in [0.25, 0.3) is 0 Å². The Kier molecular flexibility index (Phi) is 11.3. The molecule has 12 heteroatoms. The van der Waals surface area contributed by atoms with Crippen LogP contribution < -0.4 is 20.9 Å². The van der Waals surface area contributed by atoms with Gasteiger partial charge in [0.2, 0.25) is 17.7 Å². The maximum Gasteiger partial charge on any atom is 0.375 e. The van der Waals surface area contributed by atoms with Crippen molar-refractivity contribution in [2.45, 2.75) is 110 Å². The summed E-state index contributed by atoms with van der Waals surface area (Å²) in [5.74, 6) is -2.71. The third-order valence-electron chi connectivity index (χ3n) is 8.11. The van der Waals surface area contributed by atoms with Gasteiger partial charge in [0.05, 0.1) is 12.6 Å². The molecule has 39 heavy (non-hydrogen) atoms. The van der Waals surface area contributed by atoms with E-state index in [1.807, 2.05) is 24.6 Å². The summed E-state index contributed by atoms with van der Waals surface area (Å²) in [6.07, 6.45) is 8.03. The number of carbonyl (C=O) groups excluding carboxylic acids is 3. The summed E-state index contributed by atoms with van der Waals surface area (Å²) in [4.78, 5) is 51.1. The molecule has 0 aromatic carbocycles. The van der Waals surface area contributed by atoms with E-state index in [-0.39, 0.29) is 30.2 Å². The minimum Gasteiger partial charge on any atom is -0.476 e. The standard InChI is InChI=1S/C27H44N6O6/c1-4-6-7-10-19(17-23(34)30-39)26(36)33-21(11-8-14-28-33)25(35)29-24(18(3)5-2)20-13-16-32-22(27(37)38)12-9-15-31(20)32/h13,16,18-19,21-22,24,28H,4-12,14-15,17H2,1-3H3,(H3-,29,30,34,35,37,38,39)/p+1/t18-,19+,21-,22?,24-/m0/s1. The molecule has 1 aromatic heterocycles. The highest BCUT2D eigenvalue weighted by Crippen LogP contribution is 2.28. The minimum absolute atomic E-state index is 0.0644. The molecule has 1 aromatic rings. The summed E-state index contributed by atoms with van der Waals surface area (Å²) in [7, 11) is 0. The van der Waals surface area contributed by atoms with Crippen LogP contribution in [0.15, 0.2) is 12.3 Å². The van der Waals surface area contributed by atoms with Crippen molar-refractivity contribution in [1.29, 1.82) is 0 Å². The molecule has 3 heterocycles. The first-order chi connectivity index (χ1) is 18.7.